The van der Waals surface area contributed by atoms with Gasteiger partial charge in [-0.1, -0.05) is 12.1 Å². The summed E-state index contributed by atoms with van der Waals surface area (Å²) < 4.78 is 18.3. The van der Waals surface area contributed by atoms with Crippen LogP contribution in [0.1, 0.15) is 11.4 Å². The van der Waals surface area contributed by atoms with Crippen LogP contribution >= 0.6 is 11.5 Å². The maximum Gasteiger partial charge on any atom is 0.204 e. The van der Waals surface area contributed by atoms with Crippen molar-refractivity contribution in [1.82, 2.24) is 19.1 Å². The number of nitrogens with zero attached hydrogens (tertiary/aromatic N) is 5. The summed E-state index contributed by atoms with van der Waals surface area (Å²) in [6, 6.07) is 9.80. The van der Waals surface area contributed by atoms with Crippen molar-refractivity contribution in [2.45, 2.75) is 11.5 Å². The molecule has 3 aromatic rings. The highest BCUT2D eigenvalue weighted by Crippen LogP contribution is 2.16. The van der Waals surface area contributed by atoms with Crippen LogP contribution in [0.5, 0.6) is 0 Å². The summed E-state index contributed by atoms with van der Waals surface area (Å²) in [4.78, 5) is 6.27. The Kier molecular flexibility index (Phi) is 4.82. The van der Waals surface area contributed by atoms with E-state index in [4.69, 9.17) is 0 Å². The van der Waals surface area contributed by atoms with Crippen molar-refractivity contribution in [2.75, 3.05) is 19.0 Å². The van der Waals surface area contributed by atoms with E-state index in [1.54, 1.807) is 10.9 Å². The molecule has 8 heteroatoms. The number of benzene rings is 1. The Morgan fingerprint density at radius 1 is 1.22 bits per heavy atom. The van der Waals surface area contributed by atoms with Crippen LogP contribution in [-0.2, 0) is 22.3 Å². The van der Waals surface area contributed by atoms with Gasteiger partial charge in [0.25, 0.3) is 0 Å². The third-order valence-corrected chi connectivity index (χ3v) is 5.32. The molecule has 120 valence electrons. The quantitative estimate of drug-likeness (QED) is 0.684. The van der Waals surface area contributed by atoms with Crippen molar-refractivity contribution >= 4 is 27.5 Å². The molecule has 0 spiro atoms. The second-order valence-electron chi connectivity index (χ2n) is 5.23. The number of hydrogen-bond donors (Lipinski definition) is 0. The van der Waals surface area contributed by atoms with Gasteiger partial charge in [-0.15, -0.1) is 0 Å². The van der Waals surface area contributed by atoms with Gasteiger partial charge in [0.1, 0.15) is 0 Å². The monoisotopic (exact) mass is 347 g/mol. The predicted octanol–water partition coefficient (Wildman–Crippen LogP) is 2.24. The fourth-order valence-corrected chi connectivity index (χ4v) is 3.80. The molecule has 3 rings (SSSR count). The number of rotatable bonds is 6. The van der Waals surface area contributed by atoms with Gasteiger partial charge in [0.05, 0.1) is 11.4 Å². The minimum atomic E-state index is -1.02. The van der Waals surface area contributed by atoms with Gasteiger partial charge >= 0.3 is 0 Å². The van der Waals surface area contributed by atoms with Crippen LogP contribution in [0.3, 0.4) is 0 Å². The smallest absolute Gasteiger partial charge is 0.204 e. The predicted molar refractivity (Wildman–Crippen MR) is 93.4 cm³/mol. The standard InChI is InChI=1S/C15H17N5OS2/c1-19(2)15-17-14(18-22-15)11-23(21)10-12-4-6-13(7-5-12)20-9-3-8-16-20/h3-9H,10-11H2,1-2H3/t23-/m0/s1. The summed E-state index contributed by atoms with van der Waals surface area (Å²) in [7, 11) is 2.81. The van der Waals surface area contributed by atoms with E-state index in [0.29, 0.717) is 17.3 Å². The Bertz CT molecular complexity index is 781. The molecule has 0 aliphatic carbocycles. The van der Waals surface area contributed by atoms with Crippen molar-refractivity contribution in [2.24, 2.45) is 0 Å². The van der Waals surface area contributed by atoms with E-state index < -0.39 is 10.8 Å². The van der Waals surface area contributed by atoms with E-state index in [2.05, 4.69) is 14.5 Å². The second-order valence-corrected chi connectivity index (χ2v) is 7.42. The number of anilines is 1. The fraction of sp³-hybridized carbons (Fsp3) is 0.267. The summed E-state index contributed by atoms with van der Waals surface area (Å²) in [6.07, 6.45) is 3.63. The first kappa shape index (κ1) is 15.8. The number of aromatic nitrogens is 4. The Morgan fingerprint density at radius 3 is 2.61 bits per heavy atom. The summed E-state index contributed by atoms with van der Waals surface area (Å²) in [5.41, 5.74) is 2.02. The first-order chi connectivity index (χ1) is 11.1. The first-order valence-corrected chi connectivity index (χ1v) is 9.32. The largest absolute Gasteiger partial charge is 0.353 e. The first-order valence-electron chi connectivity index (χ1n) is 7.05. The Morgan fingerprint density at radius 2 is 2.00 bits per heavy atom. The van der Waals surface area contributed by atoms with Crippen molar-refractivity contribution in [3.8, 4) is 5.69 Å². The molecule has 0 unspecified atom stereocenters. The van der Waals surface area contributed by atoms with Crippen LogP contribution in [-0.4, -0.2) is 37.4 Å². The molecule has 1 atom stereocenters. The van der Waals surface area contributed by atoms with Gasteiger partial charge < -0.3 is 4.90 Å². The molecule has 0 radical (unpaired) electrons. The van der Waals surface area contributed by atoms with Crippen molar-refractivity contribution in [3.63, 3.8) is 0 Å². The molecule has 0 saturated carbocycles. The second kappa shape index (κ2) is 7.01. The molecule has 0 aliphatic rings. The molecule has 23 heavy (non-hydrogen) atoms. The zero-order valence-corrected chi connectivity index (χ0v) is 14.5. The minimum absolute atomic E-state index is 0.380. The Balaban J connectivity index is 1.61. The van der Waals surface area contributed by atoms with Crippen LogP contribution in [0.25, 0.3) is 5.69 Å². The average Bonchev–Trinajstić information content (AvgIpc) is 3.19. The van der Waals surface area contributed by atoms with Crippen LogP contribution in [0.15, 0.2) is 42.7 Å². The fourth-order valence-electron chi connectivity index (χ4n) is 2.03. The number of hydrogen-bond acceptors (Lipinski definition) is 6. The maximum absolute atomic E-state index is 12.3. The highest BCUT2D eigenvalue weighted by molar-refractivity contribution is 7.83. The topological polar surface area (TPSA) is 63.9 Å². The van der Waals surface area contributed by atoms with E-state index in [9.17, 15) is 4.21 Å². The maximum atomic E-state index is 12.3. The molecular weight excluding hydrogens is 330 g/mol. The molecule has 2 aromatic heterocycles. The zero-order valence-electron chi connectivity index (χ0n) is 12.9. The van der Waals surface area contributed by atoms with Crippen LogP contribution in [0, 0.1) is 0 Å². The van der Waals surface area contributed by atoms with E-state index in [-0.39, 0.29) is 0 Å². The molecule has 0 amide bonds. The molecule has 1 aromatic carbocycles. The van der Waals surface area contributed by atoms with Gasteiger partial charge in [-0.3, -0.25) is 4.21 Å². The van der Waals surface area contributed by atoms with Crippen LogP contribution < -0.4 is 4.90 Å². The SMILES string of the molecule is CN(C)c1nc(C[S@@](=O)Cc2ccc(-n3cccn3)cc2)ns1. The molecule has 0 N–H and O–H groups in total. The van der Waals surface area contributed by atoms with Gasteiger partial charge in [0.2, 0.25) is 5.13 Å². The third kappa shape index (κ3) is 4.02. The molecule has 2 heterocycles. The summed E-state index contributed by atoms with van der Waals surface area (Å²) in [5.74, 6) is 1.52. The Labute approximate surface area is 141 Å². The van der Waals surface area contributed by atoms with E-state index in [1.807, 2.05) is 55.5 Å². The van der Waals surface area contributed by atoms with Crippen LogP contribution in [0.4, 0.5) is 5.13 Å². The van der Waals surface area contributed by atoms with Gasteiger partial charge in [0.15, 0.2) is 5.82 Å². The molecule has 0 saturated heterocycles. The molecule has 0 aliphatic heterocycles. The van der Waals surface area contributed by atoms with E-state index >= 15 is 0 Å². The normalized spacial score (nSPS) is 12.3. The average molecular weight is 347 g/mol. The molecule has 0 bridgehead atoms. The van der Waals surface area contributed by atoms with Crippen molar-refractivity contribution in [3.05, 3.63) is 54.1 Å². The highest BCUT2D eigenvalue weighted by Gasteiger charge is 2.10. The minimum Gasteiger partial charge on any atom is -0.353 e. The summed E-state index contributed by atoms with van der Waals surface area (Å²) in [6.45, 7) is 0. The van der Waals surface area contributed by atoms with E-state index in [1.165, 1.54) is 11.5 Å². The third-order valence-electron chi connectivity index (χ3n) is 3.16. The lowest BCUT2D eigenvalue weighted by Gasteiger charge is -2.05. The zero-order chi connectivity index (χ0) is 16.2. The lowest BCUT2D eigenvalue weighted by molar-refractivity contribution is 0.681. The highest BCUT2D eigenvalue weighted by atomic mass is 32.2. The van der Waals surface area contributed by atoms with Crippen molar-refractivity contribution in [1.29, 1.82) is 0 Å². The van der Waals surface area contributed by atoms with Gasteiger partial charge in [-0.2, -0.15) is 9.47 Å². The van der Waals surface area contributed by atoms with E-state index in [0.717, 1.165) is 16.4 Å². The Hall–Kier alpha value is -2.06. The molecule has 0 fully saturated rings. The van der Waals surface area contributed by atoms with Gasteiger partial charge in [-0.25, -0.2) is 9.67 Å². The van der Waals surface area contributed by atoms with Gasteiger partial charge in [-0.05, 0) is 23.8 Å². The van der Waals surface area contributed by atoms with Gasteiger partial charge in [0, 0.05) is 54.6 Å². The summed E-state index contributed by atoms with van der Waals surface area (Å²) in [5, 5.41) is 5.02. The summed E-state index contributed by atoms with van der Waals surface area (Å²) >= 11 is 1.33. The molecule has 6 nitrogen and oxygen atoms in total. The molecular formula is C15H17N5OS2. The lowest BCUT2D eigenvalue weighted by atomic mass is 10.2. The van der Waals surface area contributed by atoms with Crippen molar-refractivity contribution < 1.29 is 4.21 Å². The lowest BCUT2D eigenvalue weighted by Crippen LogP contribution is -2.08. The van der Waals surface area contributed by atoms with Crippen LogP contribution in [0.2, 0.25) is 0 Å².